The maximum absolute atomic E-state index is 5.01. The quantitative estimate of drug-likeness (QED) is 0.157. The lowest BCUT2D eigenvalue weighted by Crippen LogP contribution is -1.89. The number of fused-ring (bicyclic) bond motifs is 2. The lowest BCUT2D eigenvalue weighted by atomic mass is 9.89. The van der Waals surface area contributed by atoms with Gasteiger partial charge >= 0.3 is 0 Å². The van der Waals surface area contributed by atoms with Crippen LogP contribution in [-0.4, -0.2) is 9.97 Å². The van der Waals surface area contributed by atoms with Gasteiger partial charge in [-0.15, -0.1) is 0 Å². The minimum absolute atomic E-state index is 0.932. The Kier molecular flexibility index (Phi) is 7.64. The van der Waals surface area contributed by atoms with Gasteiger partial charge in [-0.2, -0.15) is 0 Å². The van der Waals surface area contributed by atoms with Gasteiger partial charge in [0.15, 0.2) is 0 Å². The number of pyridine rings is 2. The highest BCUT2D eigenvalue weighted by molar-refractivity contribution is 6.27. The summed E-state index contributed by atoms with van der Waals surface area (Å²) in [5, 5.41) is 17.9. The van der Waals surface area contributed by atoms with Gasteiger partial charge in [0.05, 0.1) is 22.4 Å². The molecule has 0 aliphatic heterocycles. The standard InChI is InChI=1S/C60H36N2/c1-4-39-17-19-43-22-30-51(53-31-23-41(5-1)57(39)60(43)53)44-24-32-55-46(34-44)20-28-49(61-55)26-14-37-10-12-38(13-11-37)15-27-50-29-21-47-35-45(25-33-56(47)62-50)54-36-48-8-2-6-40-16-18-42-7-3-9-52(54)59(42)58(40)48/h1-36H/b26-14+,27-15+. The van der Waals surface area contributed by atoms with Gasteiger partial charge in [0.2, 0.25) is 0 Å². The van der Waals surface area contributed by atoms with Crippen molar-refractivity contribution in [2.75, 3.05) is 0 Å². The summed E-state index contributed by atoms with van der Waals surface area (Å²) in [7, 11) is 0. The number of hydrogen-bond donors (Lipinski definition) is 0. The fourth-order valence-electron chi connectivity index (χ4n) is 9.87. The van der Waals surface area contributed by atoms with Crippen molar-refractivity contribution in [1.82, 2.24) is 9.97 Å². The van der Waals surface area contributed by atoms with Crippen molar-refractivity contribution < 1.29 is 0 Å². The van der Waals surface area contributed by atoms with E-state index in [9.17, 15) is 0 Å². The van der Waals surface area contributed by atoms with Crippen molar-refractivity contribution in [2.45, 2.75) is 0 Å². The second kappa shape index (κ2) is 13.7. The first-order valence-corrected chi connectivity index (χ1v) is 21.3. The summed E-state index contributed by atoms with van der Waals surface area (Å²) in [5.74, 6) is 0. The summed E-state index contributed by atoms with van der Waals surface area (Å²) in [6.07, 6.45) is 8.44. The first kappa shape index (κ1) is 34.6. The van der Waals surface area contributed by atoms with Crippen LogP contribution in [0.3, 0.4) is 0 Å². The molecular formula is C60H36N2. The van der Waals surface area contributed by atoms with Crippen molar-refractivity contribution in [3.05, 3.63) is 217 Å². The van der Waals surface area contributed by atoms with E-state index < -0.39 is 0 Å². The maximum atomic E-state index is 5.01. The van der Waals surface area contributed by atoms with Gasteiger partial charge in [0.25, 0.3) is 0 Å². The highest BCUT2D eigenvalue weighted by Crippen LogP contribution is 2.42. The van der Waals surface area contributed by atoms with Gasteiger partial charge in [0.1, 0.15) is 0 Å². The number of nitrogens with zero attached hydrogens (tertiary/aromatic N) is 2. The van der Waals surface area contributed by atoms with E-state index in [1.54, 1.807) is 0 Å². The third-order valence-corrected chi connectivity index (χ3v) is 12.9. The number of hydrogen-bond acceptors (Lipinski definition) is 2. The molecule has 0 amide bonds. The van der Waals surface area contributed by atoms with Crippen LogP contribution in [0.25, 0.3) is 133 Å². The third-order valence-electron chi connectivity index (χ3n) is 12.9. The Morgan fingerprint density at radius 2 is 0.710 bits per heavy atom. The molecular weight excluding hydrogens is 749 g/mol. The highest BCUT2D eigenvalue weighted by atomic mass is 14.7. The van der Waals surface area contributed by atoms with E-state index in [4.69, 9.17) is 9.97 Å². The zero-order valence-corrected chi connectivity index (χ0v) is 33.7. The Morgan fingerprint density at radius 3 is 1.31 bits per heavy atom. The average Bonchev–Trinajstić information content (AvgIpc) is 3.33. The van der Waals surface area contributed by atoms with E-state index in [2.05, 4.69) is 218 Å². The van der Waals surface area contributed by atoms with Crippen molar-refractivity contribution in [3.63, 3.8) is 0 Å². The molecule has 0 radical (unpaired) electrons. The van der Waals surface area contributed by atoms with Crippen molar-refractivity contribution in [3.8, 4) is 22.3 Å². The molecule has 0 fully saturated rings. The molecule has 0 unspecified atom stereocenters. The Hall–Kier alpha value is -8.20. The van der Waals surface area contributed by atoms with E-state index >= 15 is 0 Å². The fourth-order valence-corrected chi connectivity index (χ4v) is 9.87. The molecule has 2 heteroatoms. The van der Waals surface area contributed by atoms with Crippen LogP contribution < -0.4 is 0 Å². The van der Waals surface area contributed by atoms with Crippen LogP contribution in [0, 0.1) is 0 Å². The zero-order chi connectivity index (χ0) is 40.7. The summed E-state index contributed by atoms with van der Waals surface area (Å²) >= 11 is 0. The van der Waals surface area contributed by atoms with Gasteiger partial charge in [-0.05, 0) is 153 Å². The largest absolute Gasteiger partial charge is 0.248 e. The molecule has 2 aromatic heterocycles. The molecule has 0 saturated heterocycles. The molecule has 2 nitrogen and oxygen atoms in total. The Bertz CT molecular complexity index is 3950. The topological polar surface area (TPSA) is 25.8 Å². The van der Waals surface area contributed by atoms with Crippen LogP contribution in [0.1, 0.15) is 22.5 Å². The lowest BCUT2D eigenvalue weighted by molar-refractivity contribution is 1.37. The number of aromatic nitrogens is 2. The summed E-state index contributed by atoms with van der Waals surface area (Å²) in [4.78, 5) is 10.0. The predicted molar refractivity (Wildman–Crippen MR) is 266 cm³/mol. The van der Waals surface area contributed by atoms with E-state index in [1.807, 2.05) is 0 Å². The zero-order valence-electron chi connectivity index (χ0n) is 33.7. The second-order valence-electron chi connectivity index (χ2n) is 16.6. The van der Waals surface area contributed by atoms with E-state index in [1.165, 1.54) is 86.9 Å². The molecule has 0 aliphatic rings. The van der Waals surface area contributed by atoms with Crippen LogP contribution >= 0.6 is 0 Å². The fraction of sp³-hybridized carbons (Fsp3) is 0. The summed E-state index contributed by atoms with van der Waals surface area (Å²) in [5.41, 5.74) is 11.0. The smallest absolute Gasteiger partial charge is 0.0709 e. The van der Waals surface area contributed by atoms with Gasteiger partial charge in [0, 0.05) is 10.8 Å². The van der Waals surface area contributed by atoms with Gasteiger partial charge < -0.3 is 0 Å². The average molecular weight is 785 g/mol. The Labute approximate surface area is 358 Å². The molecule has 11 aromatic carbocycles. The van der Waals surface area contributed by atoms with Crippen LogP contribution in [0.15, 0.2) is 194 Å². The van der Waals surface area contributed by atoms with Gasteiger partial charge in [-0.25, -0.2) is 9.97 Å². The molecule has 0 spiro atoms. The predicted octanol–water partition coefficient (Wildman–Crippen LogP) is 16.3. The van der Waals surface area contributed by atoms with Gasteiger partial charge in [-0.1, -0.05) is 164 Å². The first-order valence-electron chi connectivity index (χ1n) is 21.3. The highest BCUT2D eigenvalue weighted by Gasteiger charge is 2.15. The molecule has 0 N–H and O–H groups in total. The van der Waals surface area contributed by atoms with Crippen molar-refractivity contribution >= 4 is 111 Å². The van der Waals surface area contributed by atoms with E-state index in [0.717, 1.165) is 44.3 Å². The summed E-state index contributed by atoms with van der Waals surface area (Å²) in [6, 6.07) is 70.6. The summed E-state index contributed by atoms with van der Waals surface area (Å²) in [6.45, 7) is 0. The van der Waals surface area contributed by atoms with Crippen LogP contribution in [-0.2, 0) is 0 Å². The van der Waals surface area contributed by atoms with Crippen LogP contribution in [0.4, 0.5) is 0 Å². The van der Waals surface area contributed by atoms with Crippen molar-refractivity contribution in [1.29, 1.82) is 0 Å². The van der Waals surface area contributed by atoms with E-state index in [0.29, 0.717) is 0 Å². The number of benzene rings is 11. The molecule has 2 heterocycles. The molecule has 13 rings (SSSR count). The SMILES string of the molecule is C(=C\c1ccc2cc(-c3ccc4ccc5cccc6ccc3c4c56)ccc2n1)/c1ccc(/C=C/c2ccc3cc(-c4cc5cccc6ccc7cccc4c7c65)ccc3n2)cc1. The minimum Gasteiger partial charge on any atom is -0.248 e. The minimum atomic E-state index is 0.932. The maximum Gasteiger partial charge on any atom is 0.0709 e. The Morgan fingerprint density at radius 1 is 0.274 bits per heavy atom. The molecule has 0 aliphatic carbocycles. The van der Waals surface area contributed by atoms with Gasteiger partial charge in [-0.3, -0.25) is 0 Å². The van der Waals surface area contributed by atoms with E-state index in [-0.39, 0.29) is 0 Å². The summed E-state index contributed by atoms with van der Waals surface area (Å²) < 4.78 is 0. The first-order chi connectivity index (χ1) is 30.7. The Balaban J connectivity index is 0.722. The van der Waals surface area contributed by atoms with Crippen molar-refractivity contribution in [2.24, 2.45) is 0 Å². The normalized spacial score (nSPS) is 12.4. The molecule has 13 aromatic rings. The molecule has 286 valence electrons. The molecule has 62 heavy (non-hydrogen) atoms. The third kappa shape index (κ3) is 5.65. The molecule has 0 bridgehead atoms. The van der Waals surface area contributed by atoms with Crippen LogP contribution in [0.2, 0.25) is 0 Å². The lowest BCUT2D eigenvalue weighted by Gasteiger charge is -2.15. The monoisotopic (exact) mass is 784 g/mol. The van der Waals surface area contributed by atoms with Crippen LogP contribution in [0.5, 0.6) is 0 Å². The molecule has 0 saturated carbocycles. The number of rotatable bonds is 6. The second-order valence-corrected chi connectivity index (χ2v) is 16.6. The molecule has 0 atom stereocenters.